The van der Waals surface area contributed by atoms with Crippen LogP contribution >= 0.6 is 15.9 Å². The lowest BCUT2D eigenvalue weighted by Gasteiger charge is -2.38. The maximum atomic E-state index is 12.3. The van der Waals surface area contributed by atoms with Gasteiger partial charge in [0, 0.05) is 17.7 Å². The average Bonchev–Trinajstić information content (AvgIpc) is 2.72. The van der Waals surface area contributed by atoms with Crippen molar-refractivity contribution in [2.24, 2.45) is 13.0 Å². The van der Waals surface area contributed by atoms with Gasteiger partial charge in [-0.15, -0.1) is 0 Å². The number of rotatable bonds is 3. The molecule has 1 aliphatic rings. The number of nitrogens with zero attached hydrogens (tertiary/aromatic N) is 1. The lowest BCUT2D eigenvalue weighted by molar-refractivity contribution is 0.0710. The van der Waals surface area contributed by atoms with E-state index in [1.807, 2.05) is 13.2 Å². The molecule has 1 heterocycles. The molecule has 0 atom stereocenters. The Hall–Kier alpha value is -0.810. The minimum atomic E-state index is -0.444. The van der Waals surface area contributed by atoms with E-state index >= 15 is 0 Å². The molecular formula is C14H21BrN2O2. The summed E-state index contributed by atoms with van der Waals surface area (Å²) >= 11 is 3.36. The lowest BCUT2D eigenvalue weighted by Crippen LogP contribution is -2.53. The van der Waals surface area contributed by atoms with Gasteiger partial charge >= 0.3 is 0 Å². The van der Waals surface area contributed by atoms with Crippen molar-refractivity contribution < 1.29 is 9.90 Å². The molecule has 1 aromatic heterocycles. The summed E-state index contributed by atoms with van der Waals surface area (Å²) in [6.45, 7) is 2.23. The molecular weight excluding hydrogens is 308 g/mol. The summed E-state index contributed by atoms with van der Waals surface area (Å²) in [5.41, 5.74) is 0.165. The van der Waals surface area contributed by atoms with E-state index in [1.165, 1.54) is 0 Å². The highest BCUT2D eigenvalue weighted by molar-refractivity contribution is 9.10. The Morgan fingerprint density at radius 1 is 1.58 bits per heavy atom. The van der Waals surface area contributed by atoms with Crippen molar-refractivity contribution in [2.75, 3.05) is 6.61 Å². The zero-order valence-corrected chi connectivity index (χ0v) is 13.0. The van der Waals surface area contributed by atoms with Crippen LogP contribution in [0.3, 0.4) is 0 Å². The number of carbonyl (C=O) groups is 1. The standard InChI is InChI=1S/C14H21BrN2O2/c1-10-3-5-14(9-18,6-4-10)16-13(19)12-7-11(15)8-17(12)2/h7-8,10,18H,3-6,9H2,1-2H3,(H,16,19). The van der Waals surface area contributed by atoms with E-state index in [9.17, 15) is 9.90 Å². The highest BCUT2D eigenvalue weighted by Crippen LogP contribution is 2.32. The first-order valence-corrected chi connectivity index (χ1v) is 7.50. The fraction of sp³-hybridized carbons (Fsp3) is 0.643. The van der Waals surface area contributed by atoms with Crippen LogP contribution in [0.15, 0.2) is 16.7 Å². The molecule has 106 valence electrons. The number of hydrogen-bond acceptors (Lipinski definition) is 2. The fourth-order valence-electron chi connectivity index (χ4n) is 2.69. The van der Waals surface area contributed by atoms with Crippen molar-refractivity contribution in [1.29, 1.82) is 0 Å². The predicted octanol–water partition coefficient (Wildman–Crippen LogP) is 2.46. The largest absolute Gasteiger partial charge is 0.394 e. The van der Waals surface area contributed by atoms with Crippen LogP contribution in [0.1, 0.15) is 43.1 Å². The monoisotopic (exact) mass is 328 g/mol. The SMILES string of the molecule is CC1CCC(CO)(NC(=O)c2cc(Br)cn2C)CC1. The Morgan fingerprint density at radius 3 is 2.68 bits per heavy atom. The van der Waals surface area contributed by atoms with Gasteiger partial charge in [0.05, 0.1) is 12.1 Å². The smallest absolute Gasteiger partial charge is 0.268 e. The molecule has 2 rings (SSSR count). The molecule has 19 heavy (non-hydrogen) atoms. The molecule has 0 radical (unpaired) electrons. The Kier molecular flexibility index (Phi) is 4.36. The minimum Gasteiger partial charge on any atom is -0.394 e. The van der Waals surface area contributed by atoms with Gasteiger partial charge in [-0.3, -0.25) is 4.79 Å². The molecule has 4 nitrogen and oxygen atoms in total. The summed E-state index contributed by atoms with van der Waals surface area (Å²) in [4.78, 5) is 12.3. The van der Waals surface area contributed by atoms with E-state index in [2.05, 4.69) is 28.2 Å². The van der Waals surface area contributed by atoms with Crippen LogP contribution in [0.25, 0.3) is 0 Å². The van der Waals surface area contributed by atoms with Crippen molar-refractivity contribution in [2.45, 2.75) is 38.1 Å². The molecule has 1 aliphatic carbocycles. The normalized spacial score (nSPS) is 27.3. The van der Waals surface area contributed by atoms with Crippen molar-refractivity contribution in [3.8, 4) is 0 Å². The van der Waals surface area contributed by atoms with E-state index < -0.39 is 5.54 Å². The number of carbonyl (C=O) groups excluding carboxylic acids is 1. The number of aliphatic hydroxyl groups is 1. The highest BCUT2D eigenvalue weighted by atomic mass is 79.9. The third kappa shape index (κ3) is 3.20. The van der Waals surface area contributed by atoms with Gasteiger partial charge < -0.3 is 15.0 Å². The molecule has 1 saturated carbocycles. The van der Waals surface area contributed by atoms with Gasteiger partial charge in [-0.2, -0.15) is 0 Å². The van der Waals surface area contributed by atoms with Gasteiger partial charge in [-0.25, -0.2) is 0 Å². The molecule has 0 bridgehead atoms. The molecule has 0 saturated heterocycles. The highest BCUT2D eigenvalue weighted by Gasteiger charge is 2.35. The number of hydrogen-bond donors (Lipinski definition) is 2. The second-order valence-corrected chi connectivity index (χ2v) is 6.65. The molecule has 0 spiro atoms. The second-order valence-electron chi connectivity index (χ2n) is 5.73. The van der Waals surface area contributed by atoms with Gasteiger partial charge in [0.15, 0.2) is 0 Å². The number of aromatic nitrogens is 1. The lowest BCUT2D eigenvalue weighted by atomic mass is 9.77. The quantitative estimate of drug-likeness (QED) is 0.895. The predicted molar refractivity (Wildman–Crippen MR) is 78.0 cm³/mol. The summed E-state index contributed by atoms with van der Waals surface area (Å²) in [7, 11) is 1.84. The maximum Gasteiger partial charge on any atom is 0.268 e. The molecule has 2 N–H and O–H groups in total. The third-order valence-electron chi connectivity index (χ3n) is 4.12. The van der Waals surface area contributed by atoms with E-state index in [-0.39, 0.29) is 12.5 Å². The van der Waals surface area contributed by atoms with Crippen LogP contribution in [0, 0.1) is 5.92 Å². The Balaban J connectivity index is 2.10. The Bertz CT molecular complexity index is 462. The Morgan fingerprint density at radius 2 is 2.21 bits per heavy atom. The summed E-state index contributed by atoms with van der Waals surface area (Å²) in [5.74, 6) is 0.567. The van der Waals surface area contributed by atoms with Gasteiger partial charge in [-0.1, -0.05) is 6.92 Å². The minimum absolute atomic E-state index is 0.0110. The first-order valence-electron chi connectivity index (χ1n) is 6.71. The number of amides is 1. The summed E-state index contributed by atoms with van der Waals surface area (Å²) < 4.78 is 2.67. The first kappa shape index (κ1) is 14.6. The van der Waals surface area contributed by atoms with Gasteiger partial charge in [0.1, 0.15) is 5.69 Å². The maximum absolute atomic E-state index is 12.3. The van der Waals surface area contributed by atoms with Gasteiger partial charge in [-0.05, 0) is 53.6 Å². The third-order valence-corrected chi connectivity index (χ3v) is 4.55. The van der Waals surface area contributed by atoms with E-state index in [1.54, 1.807) is 10.6 Å². The number of nitrogens with one attached hydrogen (secondary N) is 1. The molecule has 0 unspecified atom stereocenters. The van der Waals surface area contributed by atoms with Crippen molar-refractivity contribution in [1.82, 2.24) is 9.88 Å². The number of aryl methyl sites for hydroxylation is 1. The van der Waals surface area contributed by atoms with Gasteiger partial charge in [0.2, 0.25) is 0 Å². The van der Waals surface area contributed by atoms with Crippen LogP contribution in [-0.2, 0) is 7.05 Å². The van der Waals surface area contributed by atoms with E-state index in [0.717, 1.165) is 30.2 Å². The molecule has 1 aromatic rings. The van der Waals surface area contributed by atoms with Crippen molar-refractivity contribution in [3.63, 3.8) is 0 Å². The number of aliphatic hydroxyl groups excluding tert-OH is 1. The average molecular weight is 329 g/mol. The van der Waals surface area contributed by atoms with Crippen LogP contribution in [0.2, 0.25) is 0 Å². The zero-order chi connectivity index (χ0) is 14.0. The van der Waals surface area contributed by atoms with E-state index in [0.29, 0.717) is 11.6 Å². The topological polar surface area (TPSA) is 54.3 Å². The fourth-order valence-corrected chi connectivity index (χ4v) is 3.22. The molecule has 1 fully saturated rings. The first-order chi connectivity index (χ1) is 8.96. The van der Waals surface area contributed by atoms with Crippen molar-refractivity contribution >= 4 is 21.8 Å². The van der Waals surface area contributed by atoms with E-state index in [4.69, 9.17) is 0 Å². The van der Waals surface area contributed by atoms with Crippen LogP contribution in [0.5, 0.6) is 0 Å². The zero-order valence-electron chi connectivity index (χ0n) is 11.4. The Labute approximate surface area is 122 Å². The second kappa shape index (κ2) is 5.67. The van der Waals surface area contributed by atoms with Crippen LogP contribution in [0.4, 0.5) is 0 Å². The summed E-state index contributed by atoms with van der Waals surface area (Å²) in [6.07, 6.45) is 5.66. The van der Waals surface area contributed by atoms with Crippen molar-refractivity contribution in [3.05, 3.63) is 22.4 Å². The van der Waals surface area contributed by atoms with Gasteiger partial charge in [0.25, 0.3) is 5.91 Å². The molecule has 5 heteroatoms. The summed E-state index contributed by atoms with van der Waals surface area (Å²) in [6, 6.07) is 1.80. The molecule has 0 aromatic carbocycles. The van der Waals surface area contributed by atoms with Crippen LogP contribution in [-0.4, -0.2) is 27.7 Å². The molecule has 1 amide bonds. The number of halogens is 1. The van der Waals surface area contributed by atoms with Crippen LogP contribution < -0.4 is 5.32 Å². The molecule has 0 aliphatic heterocycles. The summed E-state index contributed by atoms with van der Waals surface area (Å²) in [5, 5.41) is 12.7.